The van der Waals surface area contributed by atoms with Crippen molar-refractivity contribution in [3.05, 3.63) is 71.3 Å². The molecule has 142 valence electrons. The molecule has 0 bridgehead atoms. The summed E-state index contributed by atoms with van der Waals surface area (Å²) in [6, 6.07) is 16.6. The number of amides is 2. The number of nitrogens with two attached hydrogens (primary N) is 1. The molecule has 5 heteroatoms. The van der Waals surface area contributed by atoms with Crippen LogP contribution in [0.25, 0.3) is 0 Å². The van der Waals surface area contributed by atoms with Crippen molar-refractivity contribution in [3.8, 4) is 0 Å². The van der Waals surface area contributed by atoms with Gasteiger partial charge in [0.25, 0.3) is 5.91 Å². The summed E-state index contributed by atoms with van der Waals surface area (Å²) in [5.41, 5.74) is 8.69. The topological polar surface area (TPSA) is 75.4 Å². The number of carbonyl (C=O) groups is 2. The summed E-state index contributed by atoms with van der Waals surface area (Å²) in [5, 5.41) is 2.87. The van der Waals surface area contributed by atoms with Crippen LogP contribution in [0.2, 0.25) is 0 Å². The van der Waals surface area contributed by atoms with Gasteiger partial charge in [-0.05, 0) is 48.9 Å². The molecular formula is C22H27N3O2. The zero-order valence-electron chi connectivity index (χ0n) is 15.6. The van der Waals surface area contributed by atoms with Gasteiger partial charge in [0.15, 0.2) is 0 Å². The quantitative estimate of drug-likeness (QED) is 0.826. The first kappa shape index (κ1) is 19.1. The molecule has 5 nitrogen and oxygen atoms in total. The first-order valence-electron chi connectivity index (χ1n) is 9.59. The minimum Gasteiger partial charge on any atom is -0.351 e. The Balaban J connectivity index is 1.49. The van der Waals surface area contributed by atoms with Crippen LogP contribution in [0.5, 0.6) is 0 Å². The van der Waals surface area contributed by atoms with Gasteiger partial charge < -0.3 is 16.0 Å². The Hall–Kier alpha value is -2.66. The van der Waals surface area contributed by atoms with E-state index in [1.54, 1.807) is 0 Å². The van der Waals surface area contributed by atoms with Gasteiger partial charge in [-0.1, -0.05) is 42.5 Å². The molecular weight excluding hydrogens is 338 g/mol. The Labute approximate surface area is 160 Å². The Kier molecular flexibility index (Phi) is 6.60. The molecule has 1 atom stereocenters. The van der Waals surface area contributed by atoms with Crippen LogP contribution in [0.3, 0.4) is 0 Å². The van der Waals surface area contributed by atoms with E-state index in [4.69, 9.17) is 5.73 Å². The van der Waals surface area contributed by atoms with Crippen LogP contribution in [0.1, 0.15) is 40.7 Å². The smallest absolute Gasteiger partial charge is 0.253 e. The van der Waals surface area contributed by atoms with Crippen molar-refractivity contribution in [3.63, 3.8) is 0 Å². The third kappa shape index (κ3) is 5.41. The minimum atomic E-state index is -0.577. The molecule has 1 aliphatic heterocycles. The van der Waals surface area contributed by atoms with Crippen LogP contribution in [0.15, 0.2) is 54.6 Å². The molecule has 0 aromatic heterocycles. The number of hydrogen-bond acceptors (Lipinski definition) is 3. The lowest BCUT2D eigenvalue weighted by atomic mass is 10.1. The van der Waals surface area contributed by atoms with Gasteiger partial charge in [-0.3, -0.25) is 9.59 Å². The highest BCUT2D eigenvalue weighted by atomic mass is 16.2. The fourth-order valence-electron chi connectivity index (χ4n) is 3.33. The van der Waals surface area contributed by atoms with E-state index in [0.29, 0.717) is 18.5 Å². The molecule has 1 fully saturated rings. The molecule has 1 heterocycles. The summed E-state index contributed by atoms with van der Waals surface area (Å²) >= 11 is 0. The predicted octanol–water partition coefficient (Wildman–Crippen LogP) is 2.50. The maximum absolute atomic E-state index is 12.5. The summed E-state index contributed by atoms with van der Waals surface area (Å²) in [6.07, 6.45) is 3.88. The van der Waals surface area contributed by atoms with E-state index in [1.165, 1.54) is 6.42 Å². The highest BCUT2D eigenvalue weighted by Gasteiger charge is 2.18. The van der Waals surface area contributed by atoms with E-state index in [-0.39, 0.29) is 11.8 Å². The van der Waals surface area contributed by atoms with Crippen molar-refractivity contribution in [2.24, 2.45) is 5.73 Å². The molecule has 2 amide bonds. The minimum absolute atomic E-state index is 0.0927. The average molecular weight is 365 g/mol. The van der Waals surface area contributed by atoms with Crippen LogP contribution in [-0.2, 0) is 17.8 Å². The molecule has 2 aromatic carbocycles. The van der Waals surface area contributed by atoms with Crippen molar-refractivity contribution in [1.29, 1.82) is 0 Å². The largest absolute Gasteiger partial charge is 0.351 e. The molecule has 0 spiro atoms. The van der Waals surface area contributed by atoms with E-state index in [1.807, 2.05) is 59.5 Å². The van der Waals surface area contributed by atoms with Crippen LogP contribution in [0, 0.1) is 0 Å². The number of likely N-dealkylation sites (tertiary alicyclic amines) is 1. The zero-order valence-corrected chi connectivity index (χ0v) is 15.6. The Morgan fingerprint density at radius 3 is 2.26 bits per heavy atom. The van der Waals surface area contributed by atoms with E-state index in [2.05, 4.69) is 5.32 Å². The third-order valence-electron chi connectivity index (χ3n) is 4.95. The van der Waals surface area contributed by atoms with Crippen LogP contribution >= 0.6 is 0 Å². The molecule has 3 rings (SSSR count). The predicted molar refractivity (Wildman–Crippen MR) is 106 cm³/mol. The zero-order chi connectivity index (χ0) is 19.1. The summed E-state index contributed by atoms with van der Waals surface area (Å²) < 4.78 is 0. The number of hydrogen-bond donors (Lipinski definition) is 2. The summed E-state index contributed by atoms with van der Waals surface area (Å²) in [5.74, 6) is -0.0810. The summed E-state index contributed by atoms with van der Waals surface area (Å²) in [4.78, 5) is 26.6. The van der Waals surface area contributed by atoms with Crippen molar-refractivity contribution >= 4 is 11.8 Å². The summed E-state index contributed by atoms with van der Waals surface area (Å²) in [7, 11) is 0. The monoisotopic (exact) mass is 365 g/mol. The summed E-state index contributed by atoms with van der Waals surface area (Å²) in [6.45, 7) is 2.09. The second-order valence-corrected chi connectivity index (χ2v) is 7.06. The molecule has 1 unspecified atom stereocenters. The van der Waals surface area contributed by atoms with Gasteiger partial charge in [0, 0.05) is 25.2 Å². The Bertz CT molecular complexity index is 753. The first-order chi connectivity index (χ1) is 13.1. The van der Waals surface area contributed by atoms with Crippen LogP contribution in [0.4, 0.5) is 0 Å². The van der Waals surface area contributed by atoms with Crippen molar-refractivity contribution in [2.45, 2.75) is 38.3 Å². The van der Waals surface area contributed by atoms with E-state index in [0.717, 1.165) is 37.1 Å². The fourth-order valence-corrected chi connectivity index (χ4v) is 3.33. The Morgan fingerprint density at radius 1 is 0.926 bits per heavy atom. The van der Waals surface area contributed by atoms with Crippen molar-refractivity contribution in [1.82, 2.24) is 10.2 Å². The number of nitrogens with one attached hydrogen (secondary N) is 1. The van der Waals surface area contributed by atoms with Crippen LogP contribution < -0.4 is 11.1 Å². The number of benzene rings is 2. The van der Waals surface area contributed by atoms with Gasteiger partial charge in [0.2, 0.25) is 5.91 Å². The molecule has 27 heavy (non-hydrogen) atoms. The number of carbonyl (C=O) groups excluding carboxylic acids is 2. The van der Waals surface area contributed by atoms with Crippen molar-refractivity contribution < 1.29 is 9.59 Å². The standard InChI is InChI=1S/C22H27N3O2/c23-20(15-17-7-3-1-4-8-17)21(26)24-16-18-9-11-19(12-10-18)22(27)25-13-5-2-6-14-25/h1,3-4,7-12,20H,2,5-6,13-16,23H2,(H,24,26). The Morgan fingerprint density at radius 2 is 1.59 bits per heavy atom. The molecule has 1 saturated heterocycles. The molecule has 0 saturated carbocycles. The van der Waals surface area contributed by atoms with Crippen molar-refractivity contribution in [2.75, 3.05) is 13.1 Å². The number of piperidine rings is 1. The normalized spacial score (nSPS) is 15.2. The number of rotatable bonds is 6. The third-order valence-corrected chi connectivity index (χ3v) is 4.95. The maximum atomic E-state index is 12.5. The molecule has 2 aromatic rings. The maximum Gasteiger partial charge on any atom is 0.253 e. The second-order valence-electron chi connectivity index (χ2n) is 7.06. The lowest BCUT2D eigenvalue weighted by Crippen LogP contribution is -2.41. The highest BCUT2D eigenvalue weighted by Crippen LogP contribution is 2.14. The van der Waals surface area contributed by atoms with Gasteiger partial charge in [0.1, 0.15) is 0 Å². The van der Waals surface area contributed by atoms with Gasteiger partial charge >= 0.3 is 0 Å². The SMILES string of the molecule is NC(Cc1ccccc1)C(=O)NCc1ccc(C(=O)N2CCCCC2)cc1. The average Bonchev–Trinajstić information content (AvgIpc) is 2.73. The first-order valence-corrected chi connectivity index (χ1v) is 9.59. The lowest BCUT2D eigenvalue weighted by Gasteiger charge is -2.26. The van der Waals surface area contributed by atoms with Gasteiger partial charge in [-0.2, -0.15) is 0 Å². The van der Waals surface area contributed by atoms with Gasteiger partial charge in [-0.25, -0.2) is 0 Å². The van der Waals surface area contributed by atoms with Crippen LogP contribution in [-0.4, -0.2) is 35.8 Å². The molecule has 0 aliphatic carbocycles. The fraction of sp³-hybridized carbons (Fsp3) is 0.364. The van der Waals surface area contributed by atoms with E-state index < -0.39 is 6.04 Å². The highest BCUT2D eigenvalue weighted by molar-refractivity contribution is 5.94. The molecule has 0 radical (unpaired) electrons. The molecule has 3 N–H and O–H groups in total. The van der Waals surface area contributed by atoms with E-state index in [9.17, 15) is 9.59 Å². The second kappa shape index (κ2) is 9.33. The lowest BCUT2D eigenvalue weighted by molar-refractivity contribution is -0.122. The number of nitrogens with zero attached hydrogens (tertiary/aromatic N) is 1. The van der Waals surface area contributed by atoms with E-state index >= 15 is 0 Å². The van der Waals surface area contributed by atoms with Gasteiger partial charge in [0.05, 0.1) is 6.04 Å². The van der Waals surface area contributed by atoms with Gasteiger partial charge in [-0.15, -0.1) is 0 Å². The molecule has 1 aliphatic rings.